The van der Waals surface area contributed by atoms with Gasteiger partial charge in [-0.05, 0) is 72.6 Å². The number of carbonyl (C=O) groups excluding carboxylic acids is 3. The van der Waals surface area contributed by atoms with Crippen molar-refractivity contribution < 1.29 is 14.4 Å². The van der Waals surface area contributed by atoms with Gasteiger partial charge in [0.25, 0.3) is 0 Å². The number of nitrogens with one attached hydrogen (secondary N) is 3. The first-order chi connectivity index (χ1) is 16.4. The average Bonchev–Trinajstić information content (AvgIpc) is 3.49. The van der Waals surface area contributed by atoms with Gasteiger partial charge in [-0.25, -0.2) is 0 Å². The summed E-state index contributed by atoms with van der Waals surface area (Å²) in [6.07, 6.45) is 11.0. The quantitative estimate of drug-likeness (QED) is 0.448. The van der Waals surface area contributed by atoms with E-state index >= 15 is 0 Å². The van der Waals surface area contributed by atoms with Gasteiger partial charge < -0.3 is 21.7 Å². The van der Waals surface area contributed by atoms with Crippen LogP contribution in [-0.2, 0) is 20.8 Å². The number of aryl methyl sites for hydroxylation is 1. The number of hydrogen-bond acceptors (Lipinski definition) is 4. The van der Waals surface area contributed by atoms with Gasteiger partial charge in [-0.15, -0.1) is 0 Å². The van der Waals surface area contributed by atoms with Gasteiger partial charge in [-0.2, -0.15) is 0 Å². The molecule has 0 heterocycles. The fourth-order valence-corrected chi connectivity index (χ4v) is 6.17. The molecule has 7 heteroatoms. The minimum Gasteiger partial charge on any atom is -0.347 e. The Kier molecular flexibility index (Phi) is 6.65. The third kappa shape index (κ3) is 4.85. The Bertz CT molecular complexity index is 937. The molecule has 0 radical (unpaired) electrons. The molecule has 3 fully saturated rings. The topological polar surface area (TPSA) is 113 Å². The van der Waals surface area contributed by atoms with Crippen molar-refractivity contribution in [1.82, 2.24) is 10.6 Å². The molecule has 3 amide bonds. The second-order valence-electron chi connectivity index (χ2n) is 11.0. The Morgan fingerprint density at radius 3 is 2.15 bits per heavy atom. The molecule has 34 heavy (non-hydrogen) atoms. The molecule has 4 aliphatic rings. The van der Waals surface area contributed by atoms with E-state index in [1.807, 2.05) is 18.2 Å². The van der Waals surface area contributed by atoms with E-state index in [1.54, 1.807) is 0 Å². The Labute approximate surface area is 202 Å². The Balaban J connectivity index is 1.21. The summed E-state index contributed by atoms with van der Waals surface area (Å²) >= 11 is 0. The van der Waals surface area contributed by atoms with Crippen LogP contribution in [-0.4, -0.2) is 29.8 Å². The highest BCUT2D eigenvalue weighted by Crippen LogP contribution is 2.46. The number of benzene rings is 1. The molecule has 3 atom stereocenters. The summed E-state index contributed by atoms with van der Waals surface area (Å²) in [4.78, 5) is 37.4. The van der Waals surface area contributed by atoms with Crippen molar-refractivity contribution in [3.05, 3.63) is 29.3 Å². The lowest BCUT2D eigenvalue weighted by Crippen LogP contribution is -2.50. The summed E-state index contributed by atoms with van der Waals surface area (Å²) in [5, 5.41) is 9.03. The Morgan fingerprint density at radius 2 is 1.59 bits per heavy atom. The van der Waals surface area contributed by atoms with Crippen LogP contribution in [0.15, 0.2) is 18.2 Å². The first kappa shape index (κ1) is 23.3. The molecule has 7 nitrogen and oxygen atoms in total. The number of amides is 3. The lowest BCUT2D eigenvalue weighted by Gasteiger charge is -2.44. The smallest absolute Gasteiger partial charge is 0.243 e. The predicted molar refractivity (Wildman–Crippen MR) is 131 cm³/mol. The molecule has 3 saturated carbocycles. The van der Waals surface area contributed by atoms with E-state index in [0.29, 0.717) is 17.8 Å². The van der Waals surface area contributed by atoms with Crippen molar-refractivity contribution in [2.24, 2.45) is 29.4 Å². The third-order valence-corrected chi connectivity index (χ3v) is 8.65. The summed E-state index contributed by atoms with van der Waals surface area (Å²) in [6, 6.07) is 4.99. The van der Waals surface area contributed by atoms with E-state index in [4.69, 9.17) is 5.73 Å². The summed E-state index contributed by atoms with van der Waals surface area (Å²) in [6.45, 7) is 1.45. The predicted octanol–water partition coefficient (Wildman–Crippen LogP) is 3.19. The molecular weight excluding hydrogens is 428 g/mol. The van der Waals surface area contributed by atoms with Crippen LogP contribution in [0.5, 0.6) is 0 Å². The Hall–Kier alpha value is -2.41. The zero-order valence-corrected chi connectivity index (χ0v) is 20.1. The lowest BCUT2D eigenvalue weighted by atomic mass is 9.62. The molecule has 1 aromatic carbocycles. The van der Waals surface area contributed by atoms with E-state index < -0.39 is 12.1 Å². The molecule has 4 aliphatic carbocycles. The van der Waals surface area contributed by atoms with Crippen molar-refractivity contribution >= 4 is 23.4 Å². The van der Waals surface area contributed by atoms with Crippen molar-refractivity contribution in [2.45, 2.75) is 89.3 Å². The van der Waals surface area contributed by atoms with Gasteiger partial charge in [0.2, 0.25) is 17.7 Å². The highest BCUT2D eigenvalue weighted by Gasteiger charge is 2.42. The highest BCUT2D eigenvalue weighted by molar-refractivity contribution is 5.95. The molecule has 0 unspecified atom stereocenters. The zero-order chi connectivity index (χ0) is 23.8. The second-order valence-corrected chi connectivity index (χ2v) is 11.0. The number of anilines is 1. The SMILES string of the molecule is CC(=O)N[C@@H](C(=O)N[C@@H]1CCc2cc(NC(=O)[C@@H](N)C(C3CCC3)C3CCC3)ccc21)C1CC1. The van der Waals surface area contributed by atoms with Gasteiger partial charge in [-0.3, -0.25) is 14.4 Å². The van der Waals surface area contributed by atoms with Crippen LogP contribution in [0.25, 0.3) is 0 Å². The highest BCUT2D eigenvalue weighted by atomic mass is 16.2. The van der Waals surface area contributed by atoms with Crippen molar-refractivity contribution in [2.75, 3.05) is 5.32 Å². The summed E-state index contributed by atoms with van der Waals surface area (Å²) in [5.74, 6) is 1.41. The van der Waals surface area contributed by atoms with E-state index in [9.17, 15) is 14.4 Å². The zero-order valence-electron chi connectivity index (χ0n) is 20.1. The monoisotopic (exact) mass is 466 g/mol. The maximum absolute atomic E-state index is 13.1. The largest absolute Gasteiger partial charge is 0.347 e. The van der Waals surface area contributed by atoms with Gasteiger partial charge >= 0.3 is 0 Å². The minimum atomic E-state index is -0.455. The summed E-state index contributed by atoms with van der Waals surface area (Å²) < 4.78 is 0. The minimum absolute atomic E-state index is 0.0638. The molecule has 0 saturated heterocycles. The fraction of sp³-hybridized carbons (Fsp3) is 0.667. The molecule has 184 valence electrons. The summed E-state index contributed by atoms with van der Waals surface area (Å²) in [5.41, 5.74) is 9.54. The van der Waals surface area contributed by atoms with Crippen LogP contribution in [0.4, 0.5) is 5.69 Å². The molecule has 0 aromatic heterocycles. The van der Waals surface area contributed by atoms with Crippen LogP contribution in [0.3, 0.4) is 0 Å². The van der Waals surface area contributed by atoms with Crippen LogP contribution in [0, 0.1) is 23.7 Å². The van der Waals surface area contributed by atoms with Gasteiger partial charge in [-0.1, -0.05) is 44.6 Å². The van der Waals surface area contributed by atoms with Crippen LogP contribution in [0.2, 0.25) is 0 Å². The molecule has 5 N–H and O–H groups in total. The number of carbonyl (C=O) groups is 3. The molecule has 5 rings (SSSR count). The normalized spacial score (nSPS) is 23.9. The van der Waals surface area contributed by atoms with E-state index in [-0.39, 0.29) is 29.7 Å². The van der Waals surface area contributed by atoms with Gasteiger partial charge in [0.05, 0.1) is 12.1 Å². The van der Waals surface area contributed by atoms with Crippen molar-refractivity contribution in [3.63, 3.8) is 0 Å². The number of rotatable bonds is 9. The van der Waals surface area contributed by atoms with Crippen LogP contribution in [0.1, 0.15) is 81.9 Å². The Morgan fingerprint density at radius 1 is 0.912 bits per heavy atom. The van der Waals surface area contributed by atoms with E-state index in [2.05, 4.69) is 16.0 Å². The maximum atomic E-state index is 13.1. The van der Waals surface area contributed by atoms with Crippen LogP contribution < -0.4 is 21.7 Å². The van der Waals surface area contributed by atoms with Crippen LogP contribution >= 0.6 is 0 Å². The van der Waals surface area contributed by atoms with Crippen molar-refractivity contribution in [3.8, 4) is 0 Å². The lowest BCUT2D eigenvalue weighted by molar-refractivity contribution is -0.129. The first-order valence-electron chi connectivity index (χ1n) is 13.2. The summed E-state index contributed by atoms with van der Waals surface area (Å²) in [7, 11) is 0. The second kappa shape index (κ2) is 9.68. The van der Waals surface area contributed by atoms with E-state index in [0.717, 1.165) is 42.5 Å². The molecule has 1 aromatic rings. The van der Waals surface area contributed by atoms with Crippen molar-refractivity contribution in [1.29, 1.82) is 0 Å². The first-order valence-corrected chi connectivity index (χ1v) is 13.2. The fourth-order valence-electron chi connectivity index (χ4n) is 6.17. The number of nitrogens with two attached hydrogens (primary N) is 1. The van der Waals surface area contributed by atoms with Gasteiger partial charge in [0.1, 0.15) is 6.04 Å². The maximum Gasteiger partial charge on any atom is 0.243 e. The third-order valence-electron chi connectivity index (χ3n) is 8.65. The molecule has 0 aliphatic heterocycles. The standard InChI is InChI=1S/C27H38N4O3/c1-15(32)29-25(18-8-9-18)27(34)31-22-13-10-19-14-20(11-12-21(19)22)30-26(33)24(28)23(16-4-2-5-16)17-6-3-7-17/h11-12,14,16-18,22-25H,2-10,13,28H2,1H3,(H,29,32)(H,30,33)(H,31,34)/t22-,24+,25-/m1/s1. The number of hydrogen-bond donors (Lipinski definition) is 4. The van der Waals surface area contributed by atoms with E-state index in [1.165, 1.54) is 45.4 Å². The number of fused-ring (bicyclic) bond motifs is 1. The molecule has 0 spiro atoms. The molecular formula is C27H38N4O3. The average molecular weight is 467 g/mol. The van der Waals surface area contributed by atoms with Gasteiger partial charge in [0.15, 0.2) is 0 Å². The molecule has 0 bridgehead atoms. The van der Waals surface area contributed by atoms with Gasteiger partial charge in [0, 0.05) is 12.6 Å².